The number of esters is 1. The summed E-state index contributed by atoms with van der Waals surface area (Å²) < 4.78 is 20.3. The Kier molecular flexibility index (Phi) is 14.4. The van der Waals surface area contributed by atoms with Crippen LogP contribution in [0.5, 0.6) is 11.5 Å². The Balaban J connectivity index is 0.000000273. The van der Waals surface area contributed by atoms with Crippen molar-refractivity contribution in [2.45, 2.75) is 66.2 Å². The summed E-state index contributed by atoms with van der Waals surface area (Å²) in [5, 5.41) is 11.0. The van der Waals surface area contributed by atoms with Crippen LogP contribution >= 0.6 is 0 Å². The number of benzene rings is 2. The van der Waals surface area contributed by atoms with Gasteiger partial charge in [-0.05, 0) is 108 Å². The monoisotopic (exact) mass is 732 g/mol. The Hall–Kier alpha value is -4.04. The number of hydrogen-bond donors (Lipinski definition) is 1. The van der Waals surface area contributed by atoms with Crippen molar-refractivity contribution in [2.24, 2.45) is 0 Å². The Morgan fingerprint density at radius 2 is 1.13 bits per heavy atom. The minimum Gasteiger partial charge on any atom is -0.870 e. The maximum atomic E-state index is 12.9. The molecule has 0 aliphatic heterocycles. The molecule has 2 N–H and O–H groups in total. The van der Waals surface area contributed by atoms with Crippen molar-refractivity contribution < 1.29 is 85.8 Å². The second-order valence-electron chi connectivity index (χ2n) is 13.1. The van der Waals surface area contributed by atoms with E-state index in [4.69, 9.17) is 14.2 Å². The van der Waals surface area contributed by atoms with Gasteiger partial charge in [0.25, 0.3) is 0 Å². The van der Waals surface area contributed by atoms with E-state index in [1.54, 1.807) is 38.7 Å². The van der Waals surface area contributed by atoms with Gasteiger partial charge in [-0.2, -0.15) is 0 Å². The number of carboxylic acid groups (broad SMARTS) is 1. The van der Waals surface area contributed by atoms with Gasteiger partial charge >= 0.3 is 63.3 Å². The van der Waals surface area contributed by atoms with Gasteiger partial charge in [-0.25, -0.2) is 19.6 Å². The molecule has 0 saturated heterocycles. The summed E-state index contributed by atoms with van der Waals surface area (Å²) in [5.41, 5.74) is 5.42. The van der Waals surface area contributed by atoms with E-state index in [2.05, 4.69) is 27.5 Å². The third-order valence-electron chi connectivity index (χ3n) is 8.76. The van der Waals surface area contributed by atoms with Gasteiger partial charge in [-0.15, -0.1) is 0 Å². The number of carboxylic acids is 1. The van der Waals surface area contributed by atoms with Crippen molar-refractivity contribution >= 4 is 34.0 Å². The van der Waals surface area contributed by atoms with Gasteiger partial charge in [0.15, 0.2) is 0 Å². The van der Waals surface area contributed by atoms with Crippen LogP contribution in [0.2, 0.25) is 0 Å². The van der Waals surface area contributed by atoms with Crippen LogP contribution in [0.4, 0.5) is 0 Å². The van der Waals surface area contributed by atoms with E-state index in [1.807, 2.05) is 101 Å². The van der Waals surface area contributed by atoms with Crippen molar-refractivity contribution in [2.75, 3.05) is 14.2 Å². The molecule has 4 heterocycles. The summed E-state index contributed by atoms with van der Waals surface area (Å²) in [7, 11) is 3.28. The summed E-state index contributed by atoms with van der Waals surface area (Å²) in [6, 6.07) is 23.0. The molecule has 4 aromatic heterocycles. The zero-order chi connectivity index (χ0) is 36.3. The van der Waals surface area contributed by atoms with Gasteiger partial charge in [0.05, 0.1) is 37.4 Å². The first kappa shape index (κ1) is 42.4. The predicted octanol–water partition coefficient (Wildman–Crippen LogP) is 5.41. The summed E-state index contributed by atoms with van der Waals surface area (Å²) in [4.78, 5) is 33.5. The largest absolute Gasteiger partial charge is 1.00 e. The first-order chi connectivity index (χ1) is 23.8. The number of carbonyl (C=O) groups is 2. The van der Waals surface area contributed by atoms with Crippen molar-refractivity contribution in [1.29, 1.82) is 0 Å². The van der Waals surface area contributed by atoms with Gasteiger partial charge in [0, 0.05) is 34.6 Å². The molecule has 6 aromatic rings. The van der Waals surface area contributed by atoms with Crippen LogP contribution in [0.25, 0.3) is 22.1 Å². The fourth-order valence-electron chi connectivity index (χ4n) is 6.42. The number of pyridine rings is 2. The molecule has 52 heavy (non-hydrogen) atoms. The first-order valence-electron chi connectivity index (χ1n) is 16.4. The van der Waals surface area contributed by atoms with E-state index in [-0.39, 0.29) is 74.9 Å². The molecule has 0 fully saturated rings. The SMILES string of the molecule is COc1cccc(C(C)n2c(C)c(C(=O)O)c3cccnc32)c1.COc1cccc(C(C)n2c(C)c(C(=O)OC(C)(C)C)c3cccnc32)c1.[K+].[OH-]. The normalized spacial score (nSPS) is 12.1. The number of fused-ring (bicyclic) bond motifs is 2. The van der Waals surface area contributed by atoms with Crippen molar-refractivity contribution in [3.63, 3.8) is 0 Å². The van der Waals surface area contributed by atoms with Crippen LogP contribution in [0, 0.1) is 13.8 Å². The summed E-state index contributed by atoms with van der Waals surface area (Å²) in [5.74, 6) is 0.315. The molecule has 12 heteroatoms. The van der Waals surface area contributed by atoms with Gasteiger partial charge in [-0.1, -0.05) is 24.3 Å². The minimum absolute atomic E-state index is 0. The third-order valence-corrected chi connectivity index (χ3v) is 8.76. The second kappa shape index (κ2) is 17.7. The van der Waals surface area contributed by atoms with E-state index < -0.39 is 11.6 Å². The average Bonchev–Trinajstić information content (AvgIpc) is 3.56. The molecular formula is C40H45KN4O7. The standard InChI is InChI=1S/C22H26N2O3.C18H18N2O3.K.H2O/c1-14(16-9-7-10-17(13-16)26-6)24-15(2)19(21(25)27-22(3,4)5)18-11-8-12-23-20(18)24;1-11(13-6-4-7-14(10-13)23-3)20-12(2)16(18(21)22)15-8-5-9-19-17(15)20;;/h7-14H,1-6H3;4-11H,1-3H3,(H,21,22);;1H2/q;;+1;/p-1. The molecule has 0 aliphatic rings. The topological polar surface area (TPSA) is 148 Å². The smallest absolute Gasteiger partial charge is 0.870 e. The van der Waals surface area contributed by atoms with E-state index >= 15 is 0 Å². The van der Waals surface area contributed by atoms with Gasteiger partial charge in [-0.3, -0.25) is 0 Å². The molecule has 0 aliphatic carbocycles. The van der Waals surface area contributed by atoms with Crippen molar-refractivity contribution in [3.05, 3.63) is 119 Å². The summed E-state index contributed by atoms with van der Waals surface area (Å²) >= 11 is 0. The summed E-state index contributed by atoms with van der Waals surface area (Å²) in [6.07, 6.45) is 3.43. The van der Waals surface area contributed by atoms with E-state index in [9.17, 15) is 14.7 Å². The van der Waals surface area contributed by atoms with Crippen LogP contribution in [-0.4, -0.2) is 61.4 Å². The van der Waals surface area contributed by atoms with E-state index in [0.717, 1.165) is 39.4 Å². The molecule has 268 valence electrons. The Morgan fingerprint density at radius 1 is 0.712 bits per heavy atom. The summed E-state index contributed by atoms with van der Waals surface area (Å²) in [6.45, 7) is 13.5. The molecule has 2 aromatic carbocycles. The first-order valence-corrected chi connectivity index (χ1v) is 16.4. The number of carbonyl (C=O) groups excluding carboxylic acids is 1. The maximum absolute atomic E-state index is 12.9. The quantitative estimate of drug-likeness (QED) is 0.160. The molecule has 0 amide bonds. The number of methoxy groups -OCH3 is 2. The van der Waals surface area contributed by atoms with Crippen molar-refractivity contribution in [1.82, 2.24) is 19.1 Å². The van der Waals surface area contributed by atoms with Crippen LogP contribution in [0.1, 0.15) is 89.9 Å². The minimum atomic E-state index is -0.933. The Bertz CT molecular complexity index is 2180. The fourth-order valence-corrected chi connectivity index (χ4v) is 6.42. The maximum Gasteiger partial charge on any atom is 1.00 e. The number of nitrogens with zero attached hydrogens (tertiary/aromatic N) is 4. The van der Waals surface area contributed by atoms with Gasteiger partial charge < -0.3 is 33.9 Å². The zero-order valence-corrected chi connectivity index (χ0v) is 34.6. The number of ether oxygens (including phenoxy) is 3. The van der Waals surface area contributed by atoms with E-state index in [0.29, 0.717) is 27.9 Å². The molecule has 0 bridgehead atoms. The average molecular weight is 733 g/mol. The zero-order valence-electron chi connectivity index (χ0n) is 31.5. The Labute approximate surface area is 346 Å². The third kappa shape index (κ3) is 8.76. The predicted molar refractivity (Wildman–Crippen MR) is 197 cm³/mol. The number of hydrogen-bond acceptors (Lipinski definition) is 8. The fraction of sp³-hybridized carbons (Fsp3) is 0.300. The second-order valence-corrected chi connectivity index (χ2v) is 13.1. The molecule has 11 nitrogen and oxygen atoms in total. The van der Waals surface area contributed by atoms with Crippen LogP contribution in [0.3, 0.4) is 0 Å². The van der Waals surface area contributed by atoms with Crippen molar-refractivity contribution in [3.8, 4) is 11.5 Å². The van der Waals surface area contributed by atoms with Crippen LogP contribution < -0.4 is 60.9 Å². The molecule has 0 saturated carbocycles. The van der Waals surface area contributed by atoms with Crippen LogP contribution in [0.15, 0.2) is 85.2 Å². The molecule has 2 unspecified atom stereocenters. The molecule has 6 rings (SSSR count). The number of aromatic nitrogens is 4. The number of aromatic carboxylic acids is 1. The van der Waals surface area contributed by atoms with Gasteiger partial charge in [0.2, 0.25) is 0 Å². The van der Waals surface area contributed by atoms with E-state index in [1.165, 1.54) is 0 Å². The molecular weight excluding hydrogens is 688 g/mol. The number of rotatable bonds is 8. The molecule has 0 spiro atoms. The van der Waals surface area contributed by atoms with Gasteiger partial charge in [0.1, 0.15) is 28.4 Å². The molecule has 0 radical (unpaired) electrons. The molecule has 2 atom stereocenters. The Morgan fingerprint density at radius 3 is 1.54 bits per heavy atom. The van der Waals surface area contributed by atoms with Crippen LogP contribution in [-0.2, 0) is 4.74 Å².